The molecule has 15 nitrogen and oxygen atoms in total. The largest absolute Gasteiger partial charge is 0.497 e. The van der Waals surface area contributed by atoms with E-state index in [1.54, 1.807) is 28.3 Å². The highest BCUT2D eigenvalue weighted by molar-refractivity contribution is 8.14. The van der Waals surface area contributed by atoms with E-state index in [2.05, 4.69) is 13.8 Å². The van der Waals surface area contributed by atoms with E-state index in [0.29, 0.717) is 23.5 Å². The second-order valence-corrected chi connectivity index (χ2v) is 19.9. The average Bonchev–Trinajstić information content (AvgIpc) is 3.86. The normalized spacial score (nSPS) is 28.0. The van der Waals surface area contributed by atoms with Gasteiger partial charge >= 0.3 is 12.2 Å². The lowest BCUT2D eigenvalue weighted by molar-refractivity contribution is -0.148. The third-order valence-corrected chi connectivity index (χ3v) is 13.1. The van der Waals surface area contributed by atoms with Gasteiger partial charge in [-0.25, -0.2) is 9.59 Å². The van der Waals surface area contributed by atoms with Crippen molar-refractivity contribution in [1.29, 1.82) is 0 Å². The molecular weight excluding hydrogens is 837 g/mol. The number of aliphatic hydroxyl groups is 1. The zero-order valence-electron chi connectivity index (χ0n) is 38.4. The second-order valence-electron chi connectivity index (χ2n) is 17.8. The smallest absolute Gasteiger partial charge is 0.416 e. The van der Waals surface area contributed by atoms with E-state index in [4.69, 9.17) is 47.9 Å². The number of aliphatic imine (C=N–C) groups is 2. The van der Waals surface area contributed by atoms with E-state index in [-0.39, 0.29) is 65.8 Å². The minimum atomic E-state index is -0.598. The number of amides is 2. The molecular formula is C45H66N4O11S2. The average molecular weight is 903 g/mol. The minimum Gasteiger partial charge on any atom is -0.497 e. The molecule has 4 aliphatic rings. The number of thioether (sulfide) groups is 2. The summed E-state index contributed by atoms with van der Waals surface area (Å²) < 4.78 is 46.4. The fourth-order valence-electron chi connectivity index (χ4n) is 7.25. The molecule has 2 aromatic carbocycles. The fourth-order valence-corrected chi connectivity index (χ4v) is 9.60. The van der Waals surface area contributed by atoms with Gasteiger partial charge in [0.1, 0.15) is 45.7 Å². The molecule has 344 valence electrons. The molecule has 4 heterocycles. The number of fused-ring (bicyclic) bond motifs is 2. The number of hydrogen-bond donors (Lipinski definition) is 1. The Kier molecular flexibility index (Phi) is 17.1. The summed E-state index contributed by atoms with van der Waals surface area (Å²) in [5.74, 6) is 1.72. The molecule has 0 saturated carbocycles. The third kappa shape index (κ3) is 12.8. The summed E-state index contributed by atoms with van der Waals surface area (Å²) in [5, 5.41) is 10.9. The molecule has 0 aromatic heterocycles. The molecule has 2 amide bonds. The van der Waals surface area contributed by atoms with Crippen LogP contribution in [0.3, 0.4) is 0 Å². The number of rotatable bonds is 10. The molecule has 6 rings (SSSR count). The molecule has 10 atom stereocenters. The van der Waals surface area contributed by atoms with E-state index in [0.717, 1.165) is 29.0 Å². The Balaban J connectivity index is 0.000000234. The number of aliphatic hydroxyl groups excluding tert-OH is 1. The molecule has 17 heteroatoms. The van der Waals surface area contributed by atoms with Gasteiger partial charge in [0.15, 0.2) is 10.3 Å². The van der Waals surface area contributed by atoms with Gasteiger partial charge in [-0.1, -0.05) is 68.6 Å². The van der Waals surface area contributed by atoms with Gasteiger partial charge in [0.25, 0.3) is 0 Å². The van der Waals surface area contributed by atoms with Crippen LogP contribution in [0.2, 0.25) is 0 Å². The molecule has 0 bridgehead atoms. The van der Waals surface area contributed by atoms with Gasteiger partial charge < -0.3 is 43.0 Å². The van der Waals surface area contributed by atoms with Crippen molar-refractivity contribution in [3.8, 4) is 11.5 Å². The SMILES string of the molecule is CC[C@H]1O[C@@H]2SC(N(C)C(=O)OC(C)(C)C)=N[C@@H]2[C@@H](OCc2ccc(OC)cc2)[C@@H]1C.COc1ccc(CO[C@H]2[C@H](C)[C@@H](CO)O[C@@H]3SC(N(C)C(=O)OC(C)(C)C)=N[C@H]23)cc1. The first-order valence-electron chi connectivity index (χ1n) is 21.1. The van der Waals surface area contributed by atoms with Crippen molar-refractivity contribution < 1.29 is 52.6 Å². The number of nitrogens with zero attached hydrogens (tertiary/aromatic N) is 4. The molecule has 4 aliphatic heterocycles. The maximum absolute atomic E-state index is 12.5. The van der Waals surface area contributed by atoms with E-state index in [9.17, 15) is 14.7 Å². The third-order valence-electron chi connectivity index (χ3n) is 10.7. The first-order valence-corrected chi connectivity index (χ1v) is 22.8. The summed E-state index contributed by atoms with van der Waals surface area (Å²) in [6, 6.07) is 15.1. The number of benzene rings is 2. The van der Waals surface area contributed by atoms with Crippen LogP contribution < -0.4 is 9.47 Å². The van der Waals surface area contributed by atoms with Gasteiger partial charge in [-0.15, -0.1) is 0 Å². The van der Waals surface area contributed by atoms with Crippen molar-refractivity contribution in [2.75, 3.05) is 34.9 Å². The maximum atomic E-state index is 12.5. The van der Waals surface area contributed by atoms with Crippen molar-refractivity contribution in [1.82, 2.24) is 9.80 Å². The minimum absolute atomic E-state index is 0.0694. The highest BCUT2D eigenvalue weighted by Crippen LogP contribution is 2.43. The van der Waals surface area contributed by atoms with Crippen LogP contribution >= 0.6 is 23.5 Å². The van der Waals surface area contributed by atoms with Crippen molar-refractivity contribution in [3.05, 3.63) is 59.7 Å². The fraction of sp³-hybridized carbons (Fsp3) is 0.644. The van der Waals surface area contributed by atoms with E-state index >= 15 is 0 Å². The van der Waals surface area contributed by atoms with Gasteiger partial charge in [0, 0.05) is 25.9 Å². The number of amidine groups is 2. The summed E-state index contributed by atoms with van der Waals surface area (Å²) in [5.41, 5.74) is 0.404. The quantitative estimate of drug-likeness (QED) is 0.245. The van der Waals surface area contributed by atoms with Gasteiger partial charge in [-0.3, -0.25) is 19.8 Å². The lowest BCUT2D eigenvalue weighted by Gasteiger charge is -2.41. The van der Waals surface area contributed by atoms with E-state index in [1.807, 2.05) is 97.0 Å². The Bertz CT molecular complexity index is 1720. The van der Waals surface area contributed by atoms with Crippen LogP contribution in [0.4, 0.5) is 9.59 Å². The molecule has 1 N–H and O–H groups in total. The molecule has 0 radical (unpaired) electrons. The first kappa shape index (κ1) is 49.4. The summed E-state index contributed by atoms with van der Waals surface area (Å²) in [4.78, 5) is 37.4. The summed E-state index contributed by atoms with van der Waals surface area (Å²) in [6.07, 6.45) is -0.664. The number of carbonyl (C=O) groups excluding carboxylic acids is 2. The van der Waals surface area contributed by atoms with Crippen LogP contribution in [-0.2, 0) is 41.6 Å². The molecule has 2 saturated heterocycles. The standard InChI is InChI=1S/C23H34N2O5S.C22H32N2O6S/c1-8-17-14(2)19(28-13-15-9-11-16(27-7)12-10-15)18-20(29-17)31-21(24-18)25(6)22(26)30-23(3,4)5;1-13-16(11-25)29-19-17(18(13)28-12-14-7-9-15(27-6)10-8-14)23-20(31-19)24(5)21(26)30-22(2,3)4/h9-12,14,17-20H,8,13H2,1-7H3;7-10,13,16-19,25H,11-12H2,1-6H3/t14-,17-,18-,19+,20-;13-,16-,17-,18+,19-/m11/s1. The van der Waals surface area contributed by atoms with Crippen molar-refractivity contribution in [3.63, 3.8) is 0 Å². The van der Waals surface area contributed by atoms with Crippen LogP contribution in [0.15, 0.2) is 58.5 Å². The number of hydrogen-bond acceptors (Lipinski definition) is 15. The lowest BCUT2D eigenvalue weighted by atomic mass is 9.88. The topological polar surface area (TPSA) is 159 Å². The highest BCUT2D eigenvalue weighted by atomic mass is 32.2. The van der Waals surface area contributed by atoms with Crippen molar-refractivity contribution in [2.24, 2.45) is 21.8 Å². The predicted molar refractivity (Wildman–Crippen MR) is 242 cm³/mol. The number of ether oxygens (including phenoxy) is 8. The zero-order chi connectivity index (χ0) is 45.5. The summed E-state index contributed by atoms with van der Waals surface area (Å²) >= 11 is 2.82. The van der Waals surface area contributed by atoms with Crippen molar-refractivity contribution >= 4 is 46.0 Å². The zero-order valence-corrected chi connectivity index (χ0v) is 40.0. The molecule has 2 fully saturated rings. The Hall–Kier alpha value is -3.58. The molecule has 0 aliphatic carbocycles. The molecule has 0 unspecified atom stereocenters. The predicted octanol–water partition coefficient (Wildman–Crippen LogP) is 7.96. The Labute approximate surface area is 375 Å². The van der Waals surface area contributed by atoms with Crippen LogP contribution in [0.25, 0.3) is 0 Å². The molecule has 2 aromatic rings. The first-order chi connectivity index (χ1) is 29.2. The van der Waals surface area contributed by atoms with Crippen LogP contribution in [-0.4, -0.2) is 131 Å². The van der Waals surface area contributed by atoms with Crippen LogP contribution in [0.5, 0.6) is 11.5 Å². The number of carbonyl (C=O) groups is 2. The summed E-state index contributed by atoms with van der Waals surface area (Å²) in [6.45, 7) is 18.1. The van der Waals surface area contributed by atoms with Crippen molar-refractivity contribution in [2.45, 2.75) is 141 Å². The Morgan fingerprint density at radius 2 is 1.05 bits per heavy atom. The Morgan fingerprint density at radius 1 is 0.677 bits per heavy atom. The van der Waals surface area contributed by atoms with Gasteiger partial charge in [-0.05, 0) is 83.4 Å². The number of methoxy groups -OCH3 is 2. The Morgan fingerprint density at radius 3 is 1.39 bits per heavy atom. The lowest BCUT2D eigenvalue weighted by Crippen LogP contribution is -2.52. The van der Waals surface area contributed by atoms with Gasteiger partial charge in [0.2, 0.25) is 0 Å². The van der Waals surface area contributed by atoms with Crippen LogP contribution in [0, 0.1) is 11.8 Å². The van der Waals surface area contributed by atoms with Gasteiger partial charge in [0.05, 0.1) is 58.5 Å². The van der Waals surface area contributed by atoms with Gasteiger partial charge in [-0.2, -0.15) is 0 Å². The maximum Gasteiger partial charge on any atom is 0.416 e. The molecule has 62 heavy (non-hydrogen) atoms. The summed E-state index contributed by atoms with van der Waals surface area (Å²) in [7, 11) is 6.61. The van der Waals surface area contributed by atoms with E-state index < -0.39 is 23.4 Å². The molecule has 0 spiro atoms. The highest BCUT2D eigenvalue weighted by Gasteiger charge is 2.50. The van der Waals surface area contributed by atoms with Crippen LogP contribution in [0.1, 0.15) is 79.9 Å². The second kappa shape index (κ2) is 21.4. The van der Waals surface area contributed by atoms with E-state index in [1.165, 1.54) is 33.3 Å². The monoisotopic (exact) mass is 902 g/mol.